The third-order valence-corrected chi connectivity index (χ3v) is 3.17. The first-order valence-corrected chi connectivity index (χ1v) is 6.45. The highest BCUT2D eigenvalue weighted by Crippen LogP contribution is 2.28. The van der Waals surface area contributed by atoms with E-state index in [-0.39, 0.29) is 0 Å². The average molecular weight is 294 g/mol. The summed E-state index contributed by atoms with van der Waals surface area (Å²) in [7, 11) is 0. The fourth-order valence-corrected chi connectivity index (χ4v) is 2.29. The van der Waals surface area contributed by atoms with Crippen molar-refractivity contribution in [2.75, 3.05) is 0 Å². The summed E-state index contributed by atoms with van der Waals surface area (Å²) >= 11 is 3.49. The van der Waals surface area contributed by atoms with Crippen LogP contribution in [0.1, 0.15) is 25.5 Å². The van der Waals surface area contributed by atoms with Crippen LogP contribution in [0.4, 0.5) is 0 Å². The molecule has 2 aromatic rings. The van der Waals surface area contributed by atoms with Gasteiger partial charge < -0.3 is 5.73 Å². The highest BCUT2D eigenvalue weighted by molar-refractivity contribution is 9.10. The van der Waals surface area contributed by atoms with Crippen LogP contribution < -0.4 is 5.73 Å². The SMILES string of the molecule is CC(C)n1ncc(CN)c1-c1cccc(Br)c1. The molecule has 1 heterocycles. The molecule has 1 aromatic carbocycles. The second-order valence-corrected chi connectivity index (χ2v) is 5.19. The number of hydrogen-bond acceptors (Lipinski definition) is 2. The Labute approximate surface area is 110 Å². The minimum atomic E-state index is 0.323. The number of benzene rings is 1. The number of aromatic nitrogens is 2. The molecule has 0 atom stereocenters. The molecule has 4 heteroatoms. The van der Waals surface area contributed by atoms with Crippen LogP contribution >= 0.6 is 15.9 Å². The summed E-state index contributed by atoms with van der Waals surface area (Å²) in [5.41, 5.74) is 9.11. The van der Waals surface area contributed by atoms with Gasteiger partial charge in [0.2, 0.25) is 0 Å². The van der Waals surface area contributed by atoms with Crippen molar-refractivity contribution in [2.45, 2.75) is 26.4 Å². The molecule has 0 fully saturated rings. The van der Waals surface area contributed by atoms with Gasteiger partial charge in [0.05, 0.1) is 11.9 Å². The molecule has 2 N–H and O–H groups in total. The van der Waals surface area contributed by atoms with Gasteiger partial charge in [0.1, 0.15) is 0 Å². The summed E-state index contributed by atoms with van der Waals surface area (Å²) in [4.78, 5) is 0. The largest absolute Gasteiger partial charge is 0.326 e. The van der Waals surface area contributed by atoms with E-state index in [4.69, 9.17) is 5.73 Å². The Bertz CT molecular complexity index is 517. The van der Waals surface area contributed by atoms with Crippen LogP contribution in [0.25, 0.3) is 11.3 Å². The lowest BCUT2D eigenvalue weighted by Gasteiger charge is -2.12. The van der Waals surface area contributed by atoms with Crippen LogP contribution in [0, 0.1) is 0 Å². The summed E-state index contributed by atoms with van der Waals surface area (Å²) in [6, 6.07) is 8.54. The quantitative estimate of drug-likeness (QED) is 0.943. The molecule has 1 aromatic heterocycles. The van der Waals surface area contributed by atoms with Crippen molar-refractivity contribution in [3.8, 4) is 11.3 Å². The maximum Gasteiger partial charge on any atom is 0.0730 e. The minimum Gasteiger partial charge on any atom is -0.326 e. The monoisotopic (exact) mass is 293 g/mol. The van der Waals surface area contributed by atoms with E-state index >= 15 is 0 Å². The van der Waals surface area contributed by atoms with Gasteiger partial charge in [-0.25, -0.2) is 0 Å². The number of nitrogens with zero attached hydrogens (tertiary/aromatic N) is 2. The van der Waals surface area contributed by atoms with Crippen LogP contribution in [0.15, 0.2) is 34.9 Å². The Kier molecular flexibility index (Phi) is 3.64. The molecule has 0 amide bonds. The molecule has 0 saturated heterocycles. The molecule has 0 saturated carbocycles. The molecule has 3 nitrogen and oxygen atoms in total. The predicted octanol–water partition coefficient (Wildman–Crippen LogP) is 3.35. The lowest BCUT2D eigenvalue weighted by atomic mass is 10.1. The molecule has 0 aliphatic carbocycles. The Morgan fingerprint density at radius 1 is 1.41 bits per heavy atom. The molecule has 0 spiro atoms. The summed E-state index contributed by atoms with van der Waals surface area (Å²) in [5.74, 6) is 0. The highest BCUT2D eigenvalue weighted by atomic mass is 79.9. The first kappa shape index (κ1) is 12.3. The lowest BCUT2D eigenvalue weighted by Crippen LogP contribution is -2.06. The van der Waals surface area contributed by atoms with Crippen molar-refractivity contribution in [1.29, 1.82) is 0 Å². The van der Waals surface area contributed by atoms with Crippen molar-refractivity contribution in [2.24, 2.45) is 5.73 Å². The molecule has 0 unspecified atom stereocenters. The van der Waals surface area contributed by atoms with E-state index in [1.165, 1.54) is 0 Å². The molecular weight excluding hydrogens is 278 g/mol. The first-order valence-electron chi connectivity index (χ1n) is 5.66. The highest BCUT2D eigenvalue weighted by Gasteiger charge is 2.13. The van der Waals surface area contributed by atoms with E-state index in [2.05, 4.69) is 47.0 Å². The zero-order chi connectivity index (χ0) is 12.4. The second kappa shape index (κ2) is 5.02. The molecule has 2 rings (SSSR count). The van der Waals surface area contributed by atoms with Crippen molar-refractivity contribution >= 4 is 15.9 Å². The first-order chi connectivity index (χ1) is 8.13. The zero-order valence-corrected chi connectivity index (χ0v) is 11.6. The molecule has 0 aliphatic heterocycles. The van der Waals surface area contributed by atoms with Gasteiger partial charge >= 0.3 is 0 Å². The average Bonchev–Trinajstić information content (AvgIpc) is 2.72. The molecular formula is C13H16BrN3. The van der Waals surface area contributed by atoms with Crippen molar-refractivity contribution in [1.82, 2.24) is 9.78 Å². The Morgan fingerprint density at radius 3 is 2.76 bits per heavy atom. The summed E-state index contributed by atoms with van der Waals surface area (Å²) in [5, 5.41) is 4.41. The minimum absolute atomic E-state index is 0.323. The maximum absolute atomic E-state index is 5.77. The number of nitrogens with two attached hydrogens (primary N) is 1. The van der Waals surface area contributed by atoms with Crippen molar-refractivity contribution in [3.63, 3.8) is 0 Å². The fraction of sp³-hybridized carbons (Fsp3) is 0.308. The normalized spacial score (nSPS) is 11.1. The van der Waals surface area contributed by atoms with Crippen LogP contribution in [-0.2, 0) is 6.54 Å². The van der Waals surface area contributed by atoms with Crippen LogP contribution in [0.3, 0.4) is 0 Å². The fourth-order valence-electron chi connectivity index (χ4n) is 1.89. The smallest absolute Gasteiger partial charge is 0.0730 e. The molecule has 0 bridgehead atoms. The van der Waals surface area contributed by atoms with Gasteiger partial charge in [-0.3, -0.25) is 4.68 Å². The van der Waals surface area contributed by atoms with E-state index in [0.717, 1.165) is 21.3 Å². The third kappa shape index (κ3) is 2.42. The second-order valence-electron chi connectivity index (χ2n) is 4.27. The standard InChI is InChI=1S/C13H16BrN3/c1-9(2)17-13(11(7-15)8-16-17)10-4-3-5-12(14)6-10/h3-6,8-9H,7,15H2,1-2H3. The van der Waals surface area contributed by atoms with E-state index in [1.807, 2.05) is 23.0 Å². The van der Waals surface area contributed by atoms with Crippen LogP contribution in [0.2, 0.25) is 0 Å². The summed E-state index contributed by atoms with van der Waals surface area (Å²) in [6.45, 7) is 4.75. The lowest BCUT2D eigenvalue weighted by molar-refractivity contribution is 0.538. The Morgan fingerprint density at radius 2 is 2.18 bits per heavy atom. The molecule has 17 heavy (non-hydrogen) atoms. The molecule has 0 aliphatic rings. The van der Waals surface area contributed by atoms with Gasteiger partial charge in [-0.2, -0.15) is 5.10 Å². The van der Waals surface area contributed by atoms with Gasteiger partial charge in [-0.05, 0) is 26.0 Å². The van der Waals surface area contributed by atoms with E-state index in [1.54, 1.807) is 0 Å². The van der Waals surface area contributed by atoms with Gasteiger partial charge in [0, 0.05) is 28.2 Å². The number of rotatable bonds is 3. The summed E-state index contributed by atoms with van der Waals surface area (Å²) in [6.07, 6.45) is 1.86. The van der Waals surface area contributed by atoms with Crippen molar-refractivity contribution in [3.05, 3.63) is 40.5 Å². The molecule has 0 radical (unpaired) electrons. The van der Waals surface area contributed by atoms with E-state index in [9.17, 15) is 0 Å². The van der Waals surface area contributed by atoms with Gasteiger partial charge in [-0.15, -0.1) is 0 Å². The Hall–Kier alpha value is -1.13. The predicted molar refractivity (Wildman–Crippen MR) is 73.6 cm³/mol. The summed E-state index contributed by atoms with van der Waals surface area (Å²) < 4.78 is 3.08. The zero-order valence-electron chi connectivity index (χ0n) is 10.0. The topological polar surface area (TPSA) is 43.8 Å². The van der Waals surface area contributed by atoms with Crippen molar-refractivity contribution < 1.29 is 0 Å². The van der Waals surface area contributed by atoms with Gasteiger partial charge in [0.15, 0.2) is 0 Å². The molecule has 90 valence electrons. The van der Waals surface area contributed by atoms with Crippen LogP contribution in [-0.4, -0.2) is 9.78 Å². The number of halogens is 1. The van der Waals surface area contributed by atoms with E-state index in [0.29, 0.717) is 12.6 Å². The number of hydrogen-bond donors (Lipinski definition) is 1. The van der Waals surface area contributed by atoms with Crippen LogP contribution in [0.5, 0.6) is 0 Å². The van der Waals surface area contributed by atoms with Gasteiger partial charge in [-0.1, -0.05) is 28.1 Å². The Balaban J connectivity index is 2.60. The maximum atomic E-state index is 5.77. The third-order valence-electron chi connectivity index (χ3n) is 2.68. The van der Waals surface area contributed by atoms with E-state index < -0.39 is 0 Å². The van der Waals surface area contributed by atoms with Gasteiger partial charge in [0.25, 0.3) is 0 Å².